The largest absolute Gasteiger partial charge is 0.435 e. The molecule has 1 aliphatic heterocycles. The Hall–Kier alpha value is -3.21. The molecule has 2 amide bonds. The van der Waals surface area contributed by atoms with Gasteiger partial charge in [0, 0.05) is 37.0 Å². The zero-order valence-corrected chi connectivity index (χ0v) is 22.9. The van der Waals surface area contributed by atoms with E-state index in [0.717, 1.165) is 53.6 Å². The molecule has 3 heterocycles. The highest BCUT2D eigenvalue weighted by atomic mass is 32.1. The van der Waals surface area contributed by atoms with Crippen molar-refractivity contribution in [2.75, 3.05) is 13.1 Å². The number of benzene rings is 1. The van der Waals surface area contributed by atoms with Gasteiger partial charge in [0.1, 0.15) is 6.54 Å². The van der Waals surface area contributed by atoms with Crippen LogP contribution < -0.4 is 0 Å². The fraction of sp³-hybridized carbons (Fsp3) is 0.500. The molecular formula is C28H32F3N5O2S. The molecule has 1 aliphatic carbocycles. The first-order chi connectivity index (χ1) is 18.6. The maximum absolute atomic E-state index is 12.9. The number of piperidine rings is 1. The van der Waals surface area contributed by atoms with Crippen molar-refractivity contribution in [3.05, 3.63) is 68.9 Å². The summed E-state index contributed by atoms with van der Waals surface area (Å²) in [5, 5.41) is 6.60. The van der Waals surface area contributed by atoms with E-state index in [1.165, 1.54) is 18.1 Å². The van der Waals surface area contributed by atoms with Crippen molar-refractivity contribution in [2.24, 2.45) is 0 Å². The van der Waals surface area contributed by atoms with Crippen LogP contribution >= 0.6 is 11.3 Å². The van der Waals surface area contributed by atoms with E-state index >= 15 is 0 Å². The molecule has 2 aromatic heterocycles. The number of likely N-dealkylation sites (tertiary alicyclic amines) is 1. The van der Waals surface area contributed by atoms with Crippen molar-refractivity contribution in [1.29, 1.82) is 0 Å². The van der Waals surface area contributed by atoms with Crippen molar-refractivity contribution in [3.8, 4) is 0 Å². The second-order valence-electron chi connectivity index (χ2n) is 10.4. The summed E-state index contributed by atoms with van der Waals surface area (Å²) in [7, 11) is 0. The first-order valence-electron chi connectivity index (χ1n) is 13.3. The second-order valence-corrected chi connectivity index (χ2v) is 11.3. The van der Waals surface area contributed by atoms with Crippen LogP contribution in [-0.4, -0.2) is 49.5 Å². The highest BCUT2D eigenvalue weighted by molar-refractivity contribution is 7.09. The van der Waals surface area contributed by atoms with E-state index in [4.69, 9.17) is 4.98 Å². The Labute approximate surface area is 229 Å². The molecule has 5 rings (SSSR count). The number of thiazole rings is 1. The van der Waals surface area contributed by atoms with Crippen LogP contribution in [0.4, 0.5) is 13.2 Å². The number of fused-ring (bicyclic) bond motifs is 1. The molecule has 0 spiro atoms. The highest BCUT2D eigenvalue weighted by Crippen LogP contribution is 2.36. The van der Waals surface area contributed by atoms with Crippen molar-refractivity contribution in [1.82, 2.24) is 24.6 Å². The maximum atomic E-state index is 12.9. The van der Waals surface area contributed by atoms with Crippen LogP contribution in [0.5, 0.6) is 0 Å². The maximum Gasteiger partial charge on any atom is 0.435 e. The summed E-state index contributed by atoms with van der Waals surface area (Å²) in [5.74, 6) is 0.00293. The summed E-state index contributed by atoms with van der Waals surface area (Å²) in [4.78, 5) is 34.0. The summed E-state index contributed by atoms with van der Waals surface area (Å²) in [5.41, 5.74) is 2.73. The number of rotatable bonds is 6. The van der Waals surface area contributed by atoms with Gasteiger partial charge in [0.05, 0.1) is 23.3 Å². The van der Waals surface area contributed by atoms with Gasteiger partial charge in [-0.1, -0.05) is 24.3 Å². The molecule has 3 aromatic rings. The minimum Gasteiger partial charge on any atom is -0.341 e. The Kier molecular flexibility index (Phi) is 7.80. The number of aromatic nitrogens is 3. The Balaban J connectivity index is 1.19. The molecule has 1 fully saturated rings. The first-order valence-corrected chi connectivity index (χ1v) is 14.2. The lowest BCUT2D eigenvalue weighted by Crippen LogP contribution is -2.40. The molecule has 0 N–H and O–H groups in total. The van der Waals surface area contributed by atoms with Crippen LogP contribution in [0.15, 0.2) is 35.7 Å². The zero-order chi connectivity index (χ0) is 27.7. The molecule has 2 aliphatic rings. The van der Waals surface area contributed by atoms with Crippen molar-refractivity contribution >= 4 is 23.2 Å². The molecular weight excluding hydrogens is 527 g/mol. The Morgan fingerprint density at radius 1 is 1.15 bits per heavy atom. The minimum absolute atomic E-state index is 0.0350. The quantitative estimate of drug-likeness (QED) is 0.400. The van der Waals surface area contributed by atoms with Gasteiger partial charge in [0.15, 0.2) is 5.69 Å². The number of aryl methyl sites for hydroxylation is 2. The lowest BCUT2D eigenvalue weighted by Gasteiger charge is -2.35. The van der Waals surface area contributed by atoms with Crippen LogP contribution in [-0.2, 0) is 35.3 Å². The van der Waals surface area contributed by atoms with Gasteiger partial charge in [-0.3, -0.25) is 14.3 Å². The number of halogens is 3. The Morgan fingerprint density at radius 2 is 1.90 bits per heavy atom. The monoisotopic (exact) mass is 559 g/mol. The predicted octanol–water partition coefficient (Wildman–Crippen LogP) is 5.50. The van der Waals surface area contributed by atoms with Crippen molar-refractivity contribution in [3.63, 3.8) is 0 Å². The number of hydrogen-bond acceptors (Lipinski definition) is 5. The fourth-order valence-corrected chi connectivity index (χ4v) is 6.65. The number of alkyl halides is 3. The van der Waals surface area contributed by atoms with Gasteiger partial charge < -0.3 is 9.80 Å². The molecule has 11 heteroatoms. The van der Waals surface area contributed by atoms with Gasteiger partial charge >= 0.3 is 6.18 Å². The number of carbonyl (C=O) groups excluding carboxylic acids is 2. The molecule has 1 atom stereocenters. The SMILES string of the molecule is CC(=O)N(Cc1csc(C2CCN(C(=O)Cn3nc(C(F)(F)F)cc3C)CC2)n1)C1CCCc2ccccc21. The average molecular weight is 560 g/mol. The number of carbonyl (C=O) groups is 2. The van der Waals surface area contributed by atoms with E-state index in [0.29, 0.717) is 25.3 Å². The summed E-state index contributed by atoms with van der Waals surface area (Å²) >= 11 is 1.59. The third-order valence-electron chi connectivity index (χ3n) is 7.77. The van der Waals surface area contributed by atoms with E-state index in [2.05, 4.69) is 17.2 Å². The first kappa shape index (κ1) is 27.4. The normalized spacial score (nSPS) is 18.2. The summed E-state index contributed by atoms with van der Waals surface area (Å²) in [6.07, 6.45) is -0.0406. The summed E-state index contributed by atoms with van der Waals surface area (Å²) < 4.78 is 40.0. The van der Waals surface area contributed by atoms with Gasteiger partial charge in [0.2, 0.25) is 11.8 Å². The van der Waals surface area contributed by atoms with Crippen LogP contribution in [0, 0.1) is 6.92 Å². The van der Waals surface area contributed by atoms with Crippen LogP contribution in [0.25, 0.3) is 0 Å². The van der Waals surface area contributed by atoms with E-state index in [1.807, 2.05) is 22.4 Å². The fourth-order valence-electron chi connectivity index (χ4n) is 5.66. The molecule has 1 unspecified atom stereocenters. The molecule has 0 radical (unpaired) electrons. The lowest BCUT2D eigenvalue weighted by molar-refractivity contribution is -0.142. The Bertz CT molecular complexity index is 1340. The number of nitrogens with zero attached hydrogens (tertiary/aromatic N) is 5. The van der Waals surface area contributed by atoms with Crippen LogP contribution in [0.1, 0.15) is 77.8 Å². The number of hydrogen-bond donors (Lipinski definition) is 0. The predicted molar refractivity (Wildman–Crippen MR) is 141 cm³/mol. The van der Waals surface area contributed by atoms with Crippen LogP contribution in [0.2, 0.25) is 0 Å². The molecule has 39 heavy (non-hydrogen) atoms. The van der Waals surface area contributed by atoms with Gasteiger partial charge in [-0.2, -0.15) is 18.3 Å². The second kappa shape index (κ2) is 11.1. The zero-order valence-electron chi connectivity index (χ0n) is 22.1. The van der Waals surface area contributed by atoms with Crippen molar-refractivity contribution in [2.45, 2.75) is 77.2 Å². The lowest BCUT2D eigenvalue weighted by atomic mass is 9.86. The van der Waals surface area contributed by atoms with Crippen molar-refractivity contribution < 1.29 is 22.8 Å². The molecule has 208 valence electrons. The number of amides is 2. The molecule has 0 bridgehead atoms. The minimum atomic E-state index is -4.54. The summed E-state index contributed by atoms with van der Waals surface area (Å²) in [6, 6.07) is 9.36. The highest BCUT2D eigenvalue weighted by Gasteiger charge is 2.35. The standard InChI is InChI=1S/C28H32F3N5O2S/c1-18-14-25(28(29,30)31)33-36(18)16-26(38)34-12-10-21(11-13-34)27-32-22(17-39-27)15-35(19(2)37)24-9-5-7-20-6-3-4-8-23(20)24/h3-4,6,8,14,17,21,24H,5,7,9-13,15-16H2,1-2H3. The van der Waals surface area contributed by atoms with Gasteiger partial charge in [-0.25, -0.2) is 4.98 Å². The smallest absolute Gasteiger partial charge is 0.341 e. The van der Waals surface area contributed by atoms with Gasteiger partial charge in [0.25, 0.3) is 0 Å². The third kappa shape index (κ3) is 6.03. The van der Waals surface area contributed by atoms with E-state index in [1.54, 1.807) is 23.2 Å². The van der Waals surface area contributed by atoms with Crippen LogP contribution in [0.3, 0.4) is 0 Å². The topological polar surface area (TPSA) is 71.3 Å². The van der Waals surface area contributed by atoms with Gasteiger partial charge in [-0.05, 0) is 56.2 Å². The average Bonchev–Trinajstić information content (AvgIpc) is 3.53. The molecule has 7 nitrogen and oxygen atoms in total. The van der Waals surface area contributed by atoms with Gasteiger partial charge in [-0.15, -0.1) is 11.3 Å². The molecule has 1 aromatic carbocycles. The van der Waals surface area contributed by atoms with E-state index in [-0.39, 0.29) is 30.3 Å². The third-order valence-corrected chi connectivity index (χ3v) is 8.83. The molecule has 0 saturated carbocycles. The van der Waals surface area contributed by atoms with E-state index < -0.39 is 11.9 Å². The summed E-state index contributed by atoms with van der Waals surface area (Å²) in [6.45, 7) is 4.42. The Morgan fingerprint density at radius 3 is 2.59 bits per heavy atom. The van der Waals surface area contributed by atoms with E-state index in [9.17, 15) is 22.8 Å². The molecule has 1 saturated heterocycles.